The number of nitrogens with one attached hydrogen (secondary N) is 2. The van der Waals surface area contributed by atoms with Gasteiger partial charge in [0, 0.05) is 27.2 Å². The summed E-state index contributed by atoms with van der Waals surface area (Å²) in [6, 6.07) is 6.12. The van der Waals surface area contributed by atoms with E-state index in [0.717, 1.165) is 5.69 Å². The molecule has 2 aromatic rings. The lowest BCUT2D eigenvalue weighted by Crippen LogP contribution is -2.14. The summed E-state index contributed by atoms with van der Waals surface area (Å²) in [5.74, 6) is 0.937. The van der Waals surface area contributed by atoms with E-state index in [4.69, 9.17) is 17.0 Å². The van der Waals surface area contributed by atoms with E-state index in [9.17, 15) is 0 Å². The SMILES string of the molecule is Cc1cc(NC(=N)c2ccncc2Cl)c(C2CC2)cc1I. The molecule has 1 aromatic heterocycles. The van der Waals surface area contributed by atoms with E-state index < -0.39 is 0 Å². The summed E-state index contributed by atoms with van der Waals surface area (Å²) < 4.78 is 1.27. The first-order valence-electron chi connectivity index (χ1n) is 6.81. The Morgan fingerprint density at radius 3 is 2.86 bits per heavy atom. The van der Waals surface area contributed by atoms with Gasteiger partial charge in [-0.15, -0.1) is 0 Å². The highest BCUT2D eigenvalue weighted by Gasteiger charge is 2.27. The molecule has 5 heteroatoms. The van der Waals surface area contributed by atoms with Gasteiger partial charge < -0.3 is 5.32 Å². The van der Waals surface area contributed by atoms with Crippen molar-refractivity contribution in [2.45, 2.75) is 25.7 Å². The lowest BCUT2D eigenvalue weighted by Gasteiger charge is -2.15. The molecule has 1 aromatic carbocycles. The zero-order chi connectivity index (χ0) is 15.0. The molecule has 1 saturated carbocycles. The monoisotopic (exact) mass is 411 g/mol. The van der Waals surface area contributed by atoms with E-state index in [2.05, 4.69) is 51.9 Å². The first-order chi connectivity index (χ1) is 10.1. The van der Waals surface area contributed by atoms with Crippen molar-refractivity contribution in [2.24, 2.45) is 0 Å². The van der Waals surface area contributed by atoms with Crippen molar-refractivity contribution in [3.05, 3.63) is 55.9 Å². The number of nitrogens with zero attached hydrogens (tertiary/aromatic N) is 1. The van der Waals surface area contributed by atoms with E-state index in [1.54, 1.807) is 18.5 Å². The number of rotatable bonds is 3. The molecule has 0 aliphatic heterocycles. The summed E-state index contributed by atoms with van der Waals surface area (Å²) in [4.78, 5) is 3.96. The molecular weight excluding hydrogens is 397 g/mol. The number of hydrogen-bond acceptors (Lipinski definition) is 2. The Bertz CT molecular complexity index is 711. The van der Waals surface area contributed by atoms with Crippen LogP contribution in [0, 0.1) is 15.9 Å². The van der Waals surface area contributed by atoms with Crippen molar-refractivity contribution in [1.29, 1.82) is 5.41 Å². The first-order valence-corrected chi connectivity index (χ1v) is 8.27. The van der Waals surface area contributed by atoms with Crippen molar-refractivity contribution < 1.29 is 0 Å². The highest BCUT2D eigenvalue weighted by Crippen LogP contribution is 2.44. The Morgan fingerprint density at radius 2 is 2.19 bits per heavy atom. The summed E-state index contributed by atoms with van der Waals surface area (Å²) in [6.07, 6.45) is 5.68. The van der Waals surface area contributed by atoms with Crippen LogP contribution in [0.25, 0.3) is 0 Å². The highest BCUT2D eigenvalue weighted by molar-refractivity contribution is 14.1. The maximum absolute atomic E-state index is 8.26. The highest BCUT2D eigenvalue weighted by atomic mass is 127. The molecular formula is C16H15ClIN3. The van der Waals surface area contributed by atoms with Gasteiger partial charge in [0.25, 0.3) is 0 Å². The molecule has 0 saturated heterocycles. The lowest BCUT2D eigenvalue weighted by molar-refractivity contribution is 1.12. The van der Waals surface area contributed by atoms with Gasteiger partial charge in [-0.25, -0.2) is 0 Å². The molecule has 0 atom stereocenters. The van der Waals surface area contributed by atoms with Crippen LogP contribution < -0.4 is 5.32 Å². The van der Waals surface area contributed by atoms with Crippen molar-refractivity contribution in [3.8, 4) is 0 Å². The Morgan fingerprint density at radius 1 is 1.43 bits per heavy atom. The molecule has 0 radical (unpaired) electrons. The second-order valence-corrected chi connectivity index (χ2v) is 6.89. The van der Waals surface area contributed by atoms with Crippen molar-refractivity contribution >= 4 is 45.7 Å². The Hall–Kier alpha value is -1.14. The fraction of sp³-hybridized carbons (Fsp3) is 0.250. The van der Waals surface area contributed by atoms with Crippen LogP contribution >= 0.6 is 34.2 Å². The second-order valence-electron chi connectivity index (χ2n) is 5.32. The van der Waals surface area contributed by atoms with Crippen LogP contribution in [0.3, 0.4) is 0 Å². The third kappa shape index (κ3) is 3.21. The van der Waals surface area contributed by atoms with Gasteiger partial charge in [0.2, 0.25) is 0 Å². The Labute approximate surface area is 142 Å². The minimum Gasteiger partial charge on any atom is -0.340 e. The summed E-state index contributed by atoms with van der Waals surface area (Å²) in [7, 11) is 0. The van der Waals surface area contributed by atoms with Gasteiger partial charge in [-0.3, -0.25) is 10.4 Å². The molecule has 1 fully saturated rings. The van der Waals surface area contributed by atoms with E-state index in [1.807, 2.05) is 0 Å². The number of halogens is 2. The largest absolute Gasteiger partial charge is 0.340 e. The van der Waals surface area contributed by atoms with E-state index in [0.29, 0.717) is 22.3 Å². The van der Waals surface area contributed by atoms with Gasteiger partial charge >= 0.3 is 0 Å². The van der Waals surface area contributed by atoms with Crippen LogP contribution in [0.2, 0.25) is 5.02 Å². The van der Waals surface area contributed by atoms with Crippen LogP contribution in [-0.2, 0) is 0 Å². The quantitative estimate of drug-likeness (QED) is 0.426. The van der Waals surface area contributed by atoms with Gasteiger partial charge in [0.1, 0.15) is 5.84 Å². The fourth-order valence-corrected chi connectivity index (χ4v) is 3.02. The number of hydrogen-bond donors (Lipinski definition) is 2. The molecule has 1 heterocycles. The summed E-state index contributed by atoms with van der Waals surface area (Å²) >= 11 is 8.48. The average molecular weight is 412 g/mol. The van der Waals surface area contributed by atoms with Crippen LogP contribution in [0.5, 0.6) is 0 Å². The van der Waals surface area contributed by atoms with E-state index in [1.165, 1.54) is 27.5 Å². The molecule has 3 rings (SSSR count). The third-order valence-corrected chi connectivity index (χ3v) is 5.11. The maximum Gasteiger partial charge on any atom is 0.131 e. The molecule has 1 aliphatic rings. The van der Waals surface area contributed by atoms with Crippen LogP contribution in [0.4, 0.5) is 5.69 Å². The third-order valence-electron chi connectivity index (χ3n) is 3.65. The normalized spacial score (nSPS) is 14.0. The number of benzene rings is 1. The number of aryl methyl sites for hydroxylation is 1. The molecule has 0 spiro atoms. The zero-order valence-electron chi connectivity index (χ0n) is 11.6. The Kier molecular flexibility index (Phi) is 4.17. The molecule has 2 N–H and O–H groups in total. The van der Waals surface area contributed by atoms with Crippen molar-refractivity contribution in [2.75, 3.05) is 5.32 Å². The molecule has 3 nitrogen and oxygen atoms in total. The molecule has 0 bridgehead atoms. The molecule has 0 unspecified atom stereocenters. The predicted octanol–water partition coefficient (Wildman–Crippen LogP) is 4.96. The smallest absolute Gasteiger partial charge is 0.131 e. The number of aromatic nitrogens is 1. The molecule has 21 heavy (non-hydrogen) atoms. The summed E-state index contributed by atoms with van der Waals surface area (Å²) in [5.41, 5.74) is 4.22. The summed E-state index contributed by atoms with van der Waals surface area (Å²) in [6.45, 7) is 2.09. The van der Waals surface area contributed by atoms with Gasteiger partial charge in [0.15, 0.2) is 0 Å². The lowest BCUT2D eigenvalue weighted by atomic mass is 10.1. The van der Waals surface area contributed by atoms with Gasteiger partial charge in [-0.2, -0.15) is 0 Å². The predicted molar refractivity (Wildman–Crippen MR) is 95.6 cm³/mol. The molecule has 0 amide bonds. The topological polar surface area (TPSA) is 48.8 Å². The maximum atomic E-state index is 8.26. The zero-order valence-corrected chi connectivity index (χ0v) is 14.5. The van der Waals surface area contributed by atoms with Crippen molar-refractivity contribution in [1.82, 2.24) is 4.98 Å². The van der Waals surface area contributed by atoms with Crippen molar-refractivity contribution in [3.63, 3.8) is 0 Å². The number of pyridine rings is 1. The fourth-order valence-electron chi connectivity index (χ4n) is 2.32. The van der Waals surface area contributed by atoms with Gasteiger partial charge in [0.05, 0.1) is 5.02 Å². The standard InChI is InChI=1S/C16H15ClIN3/c1-9-6-15(12(7-14(9)18)10-2-3-10)21-16(19)11-4-5-20-8-13(11)17/h4-8,10H,2-3H2,1H3,(H2,19,21). The first kappa shape index (κ1) is 14.8. The van der Waals surface area contributed by atoms with Gasteiger partial charge in [-0.05, 0) is 77.6 Å². The average Bonchev–Trinajstić information content (AvgIpc) is 3.27. The van der Waals surface area contributed by atoms with E-state index in [-0.39, 0.29) is 0 Å². The number of amidine groups is 1. The summed E-state index contributed by atoms with van der Waals surface area (Å²) in [5, 5.41) is 12.0. The Balaban J connectivity index is 1.93. The van der Waals surface area contributed by atoms with Crippen LogP contribution in [0.1, 0.15) is 35.4 Å². The van der Waals surface area contributed by atoms with Crippen LogP contribution in [0.15, 0.2) is 30.6 Å². The minimum atomic E-state index is 0.310. The molecule has 108 valence electrons. The second kappa shape index (κ2) is 5.93. The molecule has 1 aliphatic carbocycles. The van der Waals surface area contributed by atoms with E-state index >= 15 is 0 Å². The van der Waals surface area contributed by atoms with Crippen LogP contribution in [-0.4, -0.2) is 10.8 Å². The minimum absolute atomic E-state index is 0.310. The number of anilines is 1. The van der Waals surface area contributed by atoms with Gasteiger partial charge in [-0.1, -0.05) is 11.6 Å².